The summed E-state index contributed by atoms with van der Waals surface area (Å²) >= 11 is 6.04. The van der Waals surface area contributed by atoms with Gasteiger partial charge in [-0.2, -0.15) is 0 Å². The van der Waals surface area contributed by atoms with E-state index in [4.69, 9.17) is 16.3 Å². The molecule has 2 aromatic rings. The normalized spacial score (nSPS) is 21.7. The van der Waals surface area contributed by atoms with E-state index in [0.29, 0.717) is 17.4 Å². The second-order valence-electron chi connectivity index (χ2n) is 7.12. The van der Waals surface area contributed by atoms with Crippen LogP contribution in [0, 0.1) is 0 Å². The van der Waals surface area contributed by atoms with Crippen LogP contribution in [0.1, 0.15) is 37.7 Å². The third-order valence-corrected chi connectivity index (χ3v) is 5.79. The van der Waals surface area contributed by atoms with Crippen molar-refractivity contribution < 1.29 is 9.53 Å². The molecular formula is C20H22ClN3O2. The molecule has 2 heterocycles. The fraction of sp³-hybridized carbons (Fsp3) is 0.450. The number of amides is 1. The van der Waals surface area contributed by atoms with E-state index in [1.54, 1.807) is 12.3 Å². The van der Waals surface area contributed by atoms with Gasteiger partial charge in [0.2, 0.25) is 11.8 Å². The number of halogens is 1. The van der Waals surface area contributed by atoms with Gasteiger partial charge in [0.1, 0.15) is 12.4 Å². The molecule has 0 N–H and O–H groups in total. The van der Waals surface area contributed by atoms with Crippen LogP contribution in [-0.2, 0) is 10.2 Å². The highest BCUT2D eigenvalue weighted by Gasteiger charge is 2.46. The summed E-state index contributed by atoms with van der Waals surface area (Å²) in [5, 5.41) is 0.703. The maximum atomic E-state index is 13.5. The van der Waals surface area contributed by atoms with Crippen LogP contribution in [0.3, 0.4) is 0 Å². The topological polar surface area (TPSA) is 55.3 Å². The molecule has 0 radical (unpaired) electrons. The Bertz CT molecular complexity index is 760. The van der Waals surface area contributed by atoms with Crippen molar-refractivity contribution in [2.75, 3.05) is 13.1 Å². The summed E-state index contributed by atoms with van der Waals surface area (Å²) < 4.78 is 5.91. The lowest BCUT2D eigenvalue weighted by molar-refractivity contribution is -0.136. The number of hydrogen-bond acceptors (Lipinski definition) is 4. The fourth-order valence-corrected chi connectivity index (χ4v) is 4.33. The molecule has 1 amide bonds. The molecular weight excluding hydrogens is 350 g/mol. The first kappa shape index (κ1) is 17.3. The van der Waals surface area contributed by atoms with Crippen LogP contribution in [0.15, 0.2) is 42.9 Å². The molecule has 2 aliphatic rings. The Morgan fingerprint density at radius 3 is 2.65 bits per heavy atom. The number of likely N-dealkylation sites (tertiary alicyclic amines) is 1. The van der Waals surface area contributed by atoms with Crippen molar-refractivity contribution in [1.82, 2.24) is 14.9 Å². The van der Waals surface area contributed by atoms with Crippen molar-refractivity contribution in [2.24, 2.45) is 0 Å². The third kappa shape index (κ3) is 3.28. The zero-order valence-electron chi connectivity index (χ0n) is 14.6. The quantitative estimate of drug-likeness (QED) is 0.823. The Hall–Kier alpha value is -2.14. The van der Waals surface area contributed by atoms with Gasteiger partial charge in [-0.25, -0.2) is 9.97 Å². The van der Waals surface area contributed by atoms with Crippen LogP contribution in [0.4, 0.5) is 0 Å². The van der Waals surface area contributed by atoms with Crippen LogP contribution in [-0.4, -0.2) is 40.0 Å². The molecule has 1 saturated heterocycles. The molecule has 1 aromatic heterocycles. The summed E-state index contributed by atoms with van der Waals surface area (Å²) in [6, 6.07) is 9.54. The van der Waals surface area contributed by atoms with Crippen molar-refractivity contribution in [3.63, 3.8) is 0 Å². The highest BCUT2D eigenvalue weighted by molar-refractivity contribution is 6.30. The number of hydrogen-bond donors (Lipinski definition) is 0. The van der Waals surface area contributed by atoms with Gasteiger partial charge < -0.3 is 9.64 Å². The van der Waals surface area contributed by atoms with E-state index in [1.165, 1.54) is 6.33 Å². The van der Waals surface area contributed by atoms with Gasteiger partial charge in [-0.3, -0.25) is 4.79 Å². The minimum atomic E-state index is -0.408. The van der Waals surface area contributed by atoms with E-state index in [0.717, 1.165) is 44.2 Å². The number of ether oxygens (including phenoxy) is 1. The summed E-state index contributed by atoms with van der Waals surface area (Å²) in [6.07, 6.45) is 7.93. The lowest BCUT2D eigenvalue weighted by atomic mass is 9.77. The summed E-state index contributed by atoms with van der Waals surface area (Å²) in [7, 11) is 0. The molecule has 5 nitrogen and oxygen atoms in total. The van der Waals surface area contributed by atoms with Crippen LogP contribution in [0.25, 0.3) is 0 Å². The van der Waals surface area contributed by atoms with E-state index in [2.05, 4.69) is 9.97 Å². The largest absolute Gasteiger partial charge is 0.472 e. The Kier molecular flexibility index (Phi) is 4.81. The van der Waals surface area contributed by atoms with Gasteiger partial charge >= 0.3 is 0 Å². The molecule has 1 aliphatic carbocycles. The zero-order valence-corrected chi connectivity index (χ0v) is 15.4. The molecule has 0 bridgehead atoms. The number of rotatable bonds is 4. The lowest BCUT2D eigenvalue weighted by Gasteiger charge is -2.33. The summed E-state index contributed by atoms with van der Waals surface area (Å²) in [5.41, 5.74) is 0.679. The van der Waals surface area contributed by atoms with Crippen molar-refractivity contribution in [3.8, 4) is 5.88 Å². The minimum absolute atomic E-state index is 0.0162. The maximum absolute atomic E-state index is 13.5. The monoisotopic (exact) mass is 371 g/mol. The van der Waals surface area contributed by atoms with Gasteiger partial charge in [-0.15, -0.1) is 0 Å². The highest BCUT2D eigenvalue weighted by atomic mass is 35.5. The summed E-state index contributed by atoms with van der Waals surface area (Å²) in [4.78, 5) is 23.4. The standard InChI is InChI=1S/C20H22ClN3O2/c21-16-5-3-15(4-6-16)20(9-1-2-10-20)19(25)24-12-8-17(13-24)26-18-7-11-22-14-23-18/h3-7,11,14,17H,1-2,8-10,12-13H2. The lowest BCUT2D eigenvalue weighted by Crippen LogP contribution is -2.45. The number of carbonyl (C=O) groups is 1. The molecule has 2 fully saturated rings. The first-order valence-electron chi connectivity index (χ1n) is 9.15. The van der Waals surface area contributed by atoms with E-state index < -0.39 is 5.41 Å². The first-order valence-corrected chi connectivity index (χ1v) is 9.53. The highest BCUT2D eigenvalue weighted by Crippen LogP contribution is 2.43. The SMILES string of the molecule is O=C(N1CCC(Oc2ccncn2)C1)C1(c2ccc(Cl)cc2)CCCC1. The number of aromatic nitrogens is 2. The Morgan fingerprint density at radius 1 is 1.19 bits per heavy atom. The Morgan fingerprint density at radius 2 is 1.96 bits per heavy atom. The van der Waals surface area contributed by atoms with Crippen molar-refractivity contribution >= 4 is 17.5 Å². The van der Waals surface area contributed by atoms with E-state index in [9.17, 15) is 4.79 Å². The molecule has 26 heavy (non-hydrogen) atoms. The zero-order chi connectivity index (χ0) is 18.0. The Balaban J connectivity index is 1.49. The van der Waals surface area contributed by atoms with Gasteiger partial charge in [0.15, 0.2) is 0 Å². The molecule has 0 spiro atoms. The van der Waals surface area contributed by atoms with Gasteiger partial charge in [0, 0.05) is 30.3 Å². The number of nitrogens with zero attached hydrogens (tertiary/aromatic N) is 3. The summed E-state index contributed by atoms with van der Waals surface area (Å²) in [5.74, 6) is 0.790. The molecule has 1 atom stereocenters. The molecule has 1 aliphatic heterocycles. The van der Waals surface area contributed by atoms with Gasteiger partial charge in [0.05, 0.1) is 12.0 Å². The van der Waals surface area contributed by atoms with Crippen LogP contribution in [0.5, 0.6) is 5.88 Å². The second-order valence-corrected chi connectivity index (χ2v) is 7.56. The van der Waals surface area contributed by atoms with Gasteiger partial charge in [0.25, 0.3) is 0 Å². The Labute approximate surface area is 158 Å². The van der Waals surface area contributed by atoms with Gasteiger partial charge in [-0.1, -0.05) is 36.6 Å². The average Bonchev–Trinajstić information content (AvgIpc) is 3.33. The van der Waals surface area contributed by atoms with Crippen LogP contribution >= 0.6 is 11.6 Å². The second kappa shape index (κ2) is 7.23. The van der Waals surface area contributed by atoms with Gasteiger partial charge in [-0.05, 0) is 30.5 Å². The summed E-state index contributed by atoms with van der Waals surface area (Å²) in [6.45, 7) is 1.34. The van der Waals surface area contributed by atoms with Crippen molar-refractivity contribution in [2.45, 2.75) is 43.6 Å². The van der Waals surface area contributed by atoms with Crippen LogP contribution in [0.2, 0.25) is 5.02 Å². The average molecular weight is 372 g/mol. The van der Waals surface area contributed by atoms with E-state index in [-0.39, 0.29) is 12.0 Å². The number of benzene rings is 1. The minimum Gasteiger partial charge on any atom is -0.472 e. The predicted molar refractivity (Wildman–Crippen MR) is 99.2 cm³/mol. The smallest absolute Gasteiger partial charge is 0.233 e. The predicted octanol–water partition coefficient (Wildman–Crippen LogP) is 3.62. The number of carbonyl (C=O) groups excluding carboxylic acids is 1. The van der Waals surface area contributed by atoms with E-state index >= 15 is 0 Å². The van der Waals surface area contributed by atoms with Crippen molar-refractivity contribution in [3.05, 3.63) is 53.4 Å². The molecule has 1 unspecified atom stereocenters. The van der Waals surface area contributed by atoms with Crippen molar-refractivity contribution in [1.29, 1.82) is 0 Å². The fourth-order valence-electron chi connectivity index (χ4n) is 4.20. The van der Waals surface area contributed by atoms with Crippen LogP contribution < -0.4 is 4.74 Å². The molecule has 1 aromatic carbocycles. The van der Waals surface area contributed by atoms with E-state index in [1.807, 2.05) is 29.2 Å². The molecule has 136 valence electrons. The molecule has 1 saturated carbocycles. The molecule has 4 rings (SSSR count). The molecule has 6 heteroatoms. The maximum Gasteiger partial charge on any atom is 0.233 e. The third-order valence-electron chi connectivity index (χ3n) is 5.54. The first-order chi connectivity index (χ1) is 12.7.